The van der Waals surface area contributed by atoms with Crippen LogP contribution in [0.3, 0.4) is 0 Å². The maximum Gasteiger partial charge on any atom is 0.341 e. The maximum absolute atomic E-state index is 12.7. The average molecular weight is 475 g/mol. The number of nitro benzene ring substituents is 1. The van der Waals surface area contributed by atoms with Crippen molar-refractivity contribution in [3.8, 4) is 11.1 Å². The van der Waals surface area contributed by atoms with Gasteiger partial charge in [-0.15, -0.1) is 11.3 Å². The van der Waals surface area contributed by atoms with Gasteiger partial charge in [0.1, 0.15) is 10.6 Å². The minimum Gasteiger partial charge on any atom is -0.462 e. The molecular formula is C20H15BrN2O5S. The Balaban J connectivity index is 2.03. The van der Waals surface area contributed by atoms with Crippen molar-refractivity contribution in [2.75, 3.05) is 11.9 Å². The van der Waals surface area contributed by atoms with Crippen LogP contribution < -0.4 is 5.32 Å². The van der Waals surface area contributed by atoms with Crippen LogP contribution in [0.4, 0.5) is 10.7 Å². The van der Waals surface area contributed by atoms with E-state index in [-0.39, 0.29) is 23.4 Å². The molecule has 0 aliphatic heterocycles. The van der Waals surface area contributed by atoms with Gasteiger partial charge in [0, 0.05) is 23.3 Å². The molecule has 0 saturated heterocycles. The Kier molecular flexibility index (Phi) is 6.40. The lowest BCUT2D eigenvalue weighted by molar-refractivity contribution is -0.384. The number of nitro groups is 1. The minimum absolute atomic E-state index is 0.111. The predicted octanol–water partition coefficient (Wildman–Crippen LogP) is 5.51. The number of anilines is 1. The van der Waals surface area contributed by atoms with Crippen molar-refractivity contribution in [2.24, 2.45) is 0 Å². The lowest BCUT2D eigenvalue weighted by atomic mass is 10.0. The van der Waals surface area contributed by atoms with Crippen LogP contribution in [-0.4, -0.2) is 23.4 Å². The SMILES string of the molecule is CCOC(=O)c1c(NC(=O)c2cccc([N+](=O)[O-])c2)sc(Br)c1-c1ccccc1. The molecule has 148 valence electrons. The number of thiophene rings is 1. The maximum atomic E-state index is 12.7. The molecule has 0 unspecified atom stereocenters. The fourth-order valence-electron chi connectivity index (χ4n) is 2.69. The topological polar surface area (TPSA) is 98.5 Å². The summed E-state index contributed by atoms with van der Waals surface area (Å²) in [4.78, 5) is 35.7. The van der Waals surface area contributed by atoms with E-state index < -0.39 is 16.8 Å². The molecule has 29 heavy (non-hydrogen) atoms. The van der Waals surface area contributed by atoms with Crippen molar-refractivity contribution in [3.63, 3.8) is 0 Å². The van der Waals surface area contributed by atoms with E-state index in [1.165, 1.54) is 35.6 Å². The summed E-state index contributed by atoms with van der Waals surface area (Å²) >= 11 is 4.64. The molecule has 0 saturated carbocycles. The highest BCUT2D eigenvalue weighted by Crippen LogP contribution is 2.44. The number of nitrogens with zero attached hydrogens (tertiary/aromatic N) is 1. The number of esters is 1. The van der Waals surface area contributed by atoms with Crippen molar-refractivity contribution in [1.82, 2.24) is 0 Å². The number of rotatable bonds is 6. The summed E-state index contributed by atoms with van der Waals surface area (Å²) in [6.45, 7) is 1.88. The fourth-order valence-corrected chi connectivity index (χ4v) is 4.53. The monoisotopic (exact) mass is 474 g/mol. The van der Waals surface area contributed by atoms with Crippen LogP contribution in [0.15, 0.2) is 58.4 Å². The molecule has 1 amide bonds. The number of nitrogens with one attached hydrogen (secondary N) is 1. The van der Waals surface area contributed by atoms with Gasteiger partial charge in [-0.2, -0.15) is 0 Å². The van der Waals surface area contributed by atoms with Gasteiger partial charge in [-0.25, -0.2) is 4.79 Å². The van der Waals surface area contributed by atoms with E-state index in [1.807, 2.05) is 30.3 Å². The second-order valence-electron chi connectivity index (χ2n) is 5.80. The van der Waals surface area contributed by atoms with Gasteiger partial charge >= 0.3 is 5.97 Å². The van der Waals surface area contributed by atoms with Gasteiger partial charge in [0.2, 0.25) is 0 Å². The first-order valence-corrected chi connectivity index (χ1v) is 10.1. The first-order valence-electron chi connectivity index (χ1n) is 8.53. The van der Waals surface area contributed by atoms with Gasteiger partial charge in [-0.1, -0.05) is 36.4 Å². The second-order valence-corrected chi connectivity index (χ2v) is 8.14. The van der Waals surface area contributed by atoms with E-state index in [9.17, 15) is 19.7 Å². The molecule has 3 aromatic rings. The molecule has 9 heteroatoms. The minimum atomic E-state index is -0.573. The summed E-state index contributed by atoms with van der Waals surface area (Å²) < 4.78 is 5.84. The number of benzene rings is 2. The number of amides is 1. The van der Waals surface area contributed by atoms with Crippen LogP contribution in [0.1, 0.15) is 27.6 Å². The normalized spacial score (nSPS) is 10.4. The molecule has 7 nitrogen and oxygen atoms in total. The molecular weight excluding hydrogens is 460 g/mol. The third-order valence-electron chi connectivity index (χ3n) is 3.95. The van der Waals surface area contributed by atoms with E-state index in [1.54, 1.807) is 6.92 Å². The van der Waals surface area contributed by atoms with Crippen molar-refractivity contribution < 1.29 is 19.2 Å². The molecule has 0 spiro atoms. The van der Waals surface area contributed by atoms with Gasteiger partial charge in [0.05, 0.1) is 15.3 Å². The first kappa shape index (κ1) is 20.7. The Bertz CT molecular complexity index is 1080. The highest BCUT2D eigenvalue weighted by Gasteiger charge is 2.26. The predicted molar refractivity (Wildman–Crippen MR) is 114 cm³/mol. The number of carbonyl (C=O) groups is 2. The molecule has 1 heterocycles. The van der Waals surface area contributed by atoms with Crippen LogP contribution in [0.25, 0.3) is 11.1 Å². The lowest BCUT2D eigenvalue weighted by Crippen LogP contribution is -2.15. The third kappa shape index (κ3) is 4.52. The Morgan fingerprint density at radius 3 is 2.55 bits per heavy atom. The smallest absolute Gasteiger partial charge is 0.341 e. The van der Waals surface area contributed by atoms with Crippen molar-refractivity contribution in [2.45, 2.75) is 6.92 Å². The van der Waals surface area contributed by atoms with Crippen LogP contribution in [-0.2, 0) is 4.74 Å². The standard InChI is InChI=1S/C20H15BrN2O5S/c1-2-28-20(25)16-15(12-7-4-3-5-8-12)17(21)29-19(16)22-18(24)13-9-6-10-14(11-13)23(26)27/h3-11H,2H2,1H3,(H,22,24). The van der Waals surface area contributed by atoms with Gasteiger partial charge < -0.3 is 10.1 Å². The Labute approximate surface area is 178 Å². The summed E-state index contributed by atoms with van der Waals surface area (Å²) in [5, 5.41) is 13.9. The molecule has 0 atom stereocenters. The van der Waals surface area contributed by atoms with Crippen LogP contribution >= 0.6 is 27.3 Å². The number of hydrogen-bond donors (Lipinski definition) is 1. The molecule has 1 aromatic heterocycles. The van der Waals surface area contributed by atoms with E-state index in [2.05, 4.69) is 21.2 Å². The number of non-ortho nitro benzene ring substituents is 1. The van der Waals surface area contributed by atoms with E-state index >= 15 is 0 Å². The summed E-state index contributed by atoms with van der Waals surface area (Å²) in [7, 11) is 0. The van der Waals surface area contributed by atoms with Gasteiger partial charge in [-0.05, 0) is 34.5 Å². The van der Waals surface area contributed by atoms with E-state index in [0.717, 1.165) is 5.56 Å². The Morgan fingerprint density at radius 2 is 1.90 bits per heavy atom. The largest absolute Gasteiger partial charge is 0.462 e. The lowest BCUT2D eigenvalue weighted by Gasteiger charge is -2.09. The number of carbonyl (C=O) groups excluding carboxylic acids is 2. The van der Waals surface area contributed by atoms with E-state index in [0.29, 0.717) is 14.4 Å². The average Bonchev–Trinajstić information content (AvgIpc) is 3.04. The Morgan fingerprint density at radius 1 is 1.17 bits per heavy atom. The highest BCUT2D eigenvalue weighted by molar-refractivity contribution is 9.11. The molecule has 0 bridgehead atoms. The van der Waals surface area contributed by atoms with Gasteiger partial charge in [-0.3, -0.25) is 14.9 Å². The fraction of sp³-hybridized carbons (Fsp3) is 0.100. The zero-order valence-electron chi connectivity index (χ0n) is 15.2. The summed E-state index contributed by atoms with van der Waals surface area (Å²) in [6.07, 6.45) is 0. The van der Waals surface area contributed by atoms with Crippen molar-refractivity contribution in [1.29, 1.82) is 0 Å². The van der Waals surface area contributed by atoms with E-state index in [4.69, 9.17) is 4.74 Å². The summed E-state index contributed by atoms with van der Waals surface area (Å²) in [5.41, 5.74) is 1.55. The molecule has 3 rings (SSSR count). The van der Waals surface area contributed by atoms with Gasteiger partial charge in [0.15, 0.2) is 0 Å². The van der Waals surface area contributed by atoms with Crippen LogP contribution in [0.5, 0.6) is 0 Å². The van der Waals surface area contributed by atoms with Crippen molar-refractivity contribution >= 4 is 49.8 Å². The molecule has 2 aromatic carbocycles. The number of hydrogen-bond acceptors (Lipinski definition) is 6. The zero-order valence-corrected chi connectivity index (χ0v) is 17.6. The van der Waals surface area contributed by atoms with Crippen LogP contribution in [0.2, 0.25) is 0 Å². The van der Waals surface area contributed by atoms with Gasteiger partial charge in [0.25, 0.3) is 11.6 Å². The van der Waals surface area contributed by atoms with Crippen molar-refractivity contribution in [3.05, 3.63) is 79.6 Å². The molecule has 1 N–H and O–H groups in total. The van der Waals surface area contributed by atoms with Crippen LogP contribution in [0, 0.1) is 10.1 Å². The number of ether oxygens (including phenoxy) is 1. The molecule has 0 aliphatic carbocycles. The third-order valence-corrected chi connectivity index (χ3v) is 5.73. The second kappa shape index (κ2) is 8.97. The summed E-state index contributed by atoms with van der Waals surface area (Å²) in [6, 6.07) is 14.6. The number of halogens is 1. The summed E-state index contributed by atoms with van der Waals surface area (Å²) in [5.74, 6) is -1.13. The molecule has 0 radical (unpaired) electrons. The highest BCUT2D eigenvalue weighted by atomic mass is 79.9. The molecule has 0 aliphatic rings. The Hall–Kier alpha value is -3.04. The quantitative estimate of drug-likeness (QED) is 0.288. The zero-order chi connectivity index (χ0) is 21.0. The molecule has 0 fully saturated rings. The first-order chi connectivity index (χ1) is 13.9.